The van der Waals surface area contributed by atoms with Crippen LogP contribution in [-0.4, -0.2) is 9.97 Å². The normalized spacial score (nSPS) is 11.1. The second-order valence-corrected chi connectivity index (χ2v) is 4.59. The molecule has 0 aliphatic heterocycles. The number of fused-ring (bicyclic) bond motifs is 1. The highest BCUT2D eigenvalue weighted by Gasteiger charge is 2.14. The van der Waals surface area contributed by atoms with Gasteiger partial charge in [0.2, 0.25) is 0 Å². The lowest BCUT2D eigenvalue weighted by Crippen LogP contribution is -2.00. The molecule has 4 heteroatoms. The molecular weight excluding hydrogens is 238 g/mol. The van der Waals surface area contributed by atoms with Crippen molar-refractivity contribution in [3.05, 3.63) is 41.7 Å². The van der Waals surface area contributed by atoms with Gasteiger partial charge < -0.3 is 10.2 Å². The zero-order valence-corrected chi connectivity index (χ0v) is 11.0. The third kappa shape index (κ3) is 1.95. The van der Waals surface area contributed by atoms with Crippen LogP contribution in [-0.2, 0) is 6.42 Å². The van der Waals surface area contributed by atoms with E-state index in [1.807, 2.05) is 25.1 Å². The minimum absolute atomic E-state index is 0.518. The quantitative estimate of drug-likeness (QED) is 0.760. The van der Waals surface area contributed by atoms with E-state index in [0.717, 1.165) is 34.4 Å². The molecule has 0 radical (unpaired) electrons. The van der Waals surface area contributed by atoms with Gasteiger partial charge in [-0.15, -0.1) is 0 Å². The Hall–Kier alpha value is -2.36. The summed E-state index contributed by atoms with van der Waals surface area (Å²) in [5.41, 5.74) is 9.67. The van der Waals surface area contributed by atoms with Crippen molar-refractivity contribution in [2.75, 3.05) is 5.73 Å². The summed E-state index contributed by atoms with van der Waals surface area (Å²) in [7, 11) is 0. The molecule has 0 spiro atoms. The number of hydrogen-bond donors (Lipinski definition) is 1. The van der Waals surface area contributed by atoms with Gasteiger partial charge in [-0.2, -0.15) is 0 Å². The molecular formula is C15H15N3O. The molecule has 3 aromatic rings. The third-order valence-corrected chi connectivity index (χ3v) is 3.24. The number of aromatic nitrogens is 2. The third-order valence-electron chi connectivity index (χ3n) is 3.24. The number of hydrogen-bond acceptors (Lipinski definition) is 4. The Bertz CT molecular complexity index is 746. The van der Waals surface area contributed by atoms with E-state index in [-0.39, 0.29) is 0 Å². The Morgan fingerprint density at radius 1 is 1.21 bits per heavy atom. The van der Waals surface area contributed by atoms with Gasteiger partial charge in [0.25, 0.3) is 0 Å². The fraction of sp³-hybridized carbons (Fsp3) is 0.200. The number of nitrogens with zero attached hydrogens (tertiary/aromatic N) is 2. The fourth-order valence-corrected chi connectivity index (χ4v) is 2.27. The van der Waals surface area contributed by atoms with E-state index < -0.39 is 0 Å². The predicted molar refractivity (Wildman–Crippen MR) is 75.8 cm³/mol. The van der Waals surface area contributed by atoms with Crippen LogP contribution in [0.2, 0.25) is 0 Å². The van der Waals surface area contributed by atoms with Crippen LogP contribution in [0.4, 0.5) is 5.82 Å². The summed E-state index contributed by atoms with van der Waals surface area (Å²) in [6, 6.07) is 8.11. The first kappa shape index (κ1) is 11.7. The predicted octanol–water partition coefficient (Wildman–Crippen LogP) is 3.34. The summed E-state index contributed by atoms with van der Waals surface area (Å²) in [6.45, 7) is 4.09. The molecule has 0 amide bonds. The molecule has 0 aliphatic carbocycles. The van der Waals surface area contributed by atoms with Crippen molar-refractivity contribution >= 4 is 16.8 Å². The standard InChI is InChI=1S/C15H15N3O/c1-3-11-14(17-8-18-15(11)16)13-7-10-6-9(2)4-5-12(10)19-13/h4-8H,3H2,1-2H3,(H2,16,17,18). The van der Waals surface area contributed by atoms with E-state index in [2.05, 4.69) is 23.0 Å². The molecule has 2 N–H and O–H groups in total. The molecule has 3 rings (SSSR count). The van der Waals surface area contributed by atoms with Crippen LogP contribution in [0.1, 0.15) is 18.1 Å². The Kier molecular flexibility index (Phi) is 2.71. The molecule has 2 aromatic heterocycles. The second-order valence-electron chi connectivity index (χ2n) is 4.59. The number of nitrogens with two attached hydrogens (primary N) is 1. The van der Waals surface area contributed by atoms with Gasteiger partial charge in [-0.3, -0.25) is 0 Å². The van der Waals surface area contributed by atoms with E-state index >= 15 is 0 Å². The Balaban J connectivity index is 2.22. The molecule has 4 nitrogen and oxygen atoms in total. The van der Waals surface area contributed by atoms with Gasteiger partial charge in [-0.05, 0) is 31.5 Å². The molecule has 0 saturated carbocycles. The van der Waals surface area contributed by atoms with Crippen LogP contribution in [0, 0.1) is 6.92 Å². The number of nitrogen functional groups attached to an aromatic ring is 1. The molecule has 0 unspecified atom stereocenters. The Morgan fingerprint density at radius 3 is 2.84 bits per heavy atom. The van der Waals surface area contributed by atoms with Crippen molar-refractivity contribution in [2.24, 2.45) is 0 Å². The molecule has 1 aromatic carbocycles. The highest BCUT2D eigenvalue weighted by Crippen LogP contribution is 2.30. The summed E-state index contributed by atoms with van der Waals surface area (Å²) in [5, 5.41) is 1.08. The summed E-state index contributed by atoms with van der Waals surface area (Å²) in [4.78, 5) is 8.34. The smallest absolute Gasteiger partial charge is 0.154 e. The molecule has 0 fully saturated rings. The van der Waals surface area contributed by atoms with Gasteiger partial charge in [-0.1, -0.05) is 18.6 Å². The number of aryl methyl sites for hydroxylation is 1. The largest absolute Gasteiger partial charge is 0.454 e. The zero-order valence-electron chi connectivity index (χ0n) is 11.0. The van der Waals surface area contributed by atoms with Crippen LogP contribution in [0.25, 0.3) is 22.4 Å². The summed E-state index contributed by atoms with van der Waals surface area (Å²) < 4.78 is 5.86. The number of rotatable bonds is 2. The van der Waals surface area contributed by atoms with E-state index in [1.54, 1.807) is 0 Å². The first-order valence-electron chi connectivity index (χ1n) is 6.29. The van der Waals surface area contributed by atoms with E-state index in [1.165, 1.54) is 11.9 Å². The first-order chi connectivity index (χ1) is 9.19. The van der Waals surface area contributed by atoms with Crippen molar-refractivity contribution in [3.63, 3.8) is 0 Å². The van der Waals surface area contributed by atoms with E-state index in [4.69, 9.17) is 10.2 Å². The van der Waals surface area contributed by atoms with Gasteiger partial charge in [0, 0.05) is 10.9 Å². The summed E-state index contributed by atoms with van der Waals surface area (Å²) >= 11 is 0. The SMILES string of the molecule is CCc1c(N)ncnc1-c1cc2cc(C)ccc2o1. The fourth-order valence-electron chi connectivity index (χ4n) is 2.27. The van der Waals surface area contributed by atoms with E-state index in [0.29, 0.717) is 5.82 Å². The number of furan rings is 1. The number of anilines is 1. The van der Waals surface area contributed by atoms with Crippen LogP contribution in [0.5, 0.6) is 0 Å². The summed E-state index contributed by atoms with van der Waals surface area (Å²) in [6.07, 6.45) is 2.25. The maximum absolute atomic E-state index is 5.89. The average molecular weight is 253 g/mol. The molecule has 0 saturated heterocycles. The maximum Gasteiger partial charge on any atom is 0.154 e. The molecule has 19 heavy (non-hydrogen) atoms. The Morgan fingerprint density at radius 2 is 2.05 bits per heavy atom. The van der Waals surface area contributed by atoms with E-state index in [9.17, 15) is 0 Å². The van der Waals surface area contributed by atoms with Crippen molar-refractivity contribution in [1.29, 1.82) is 0 Å². The van der Waals surface area contributed by atoms with Gasteiger partial charge in [0.05, 0.1) is 0 Å². The van der Waals surface area contributed by atoms with Crippen LogP contribution in [0.15, 0.2) is 35.0 Å². The lowest BCUT2D eigenvalue weighted by atomic mass is 10.1. The molecule has 2 heterocycles. The lowest BCUT2D eigenvalue weighted by Gasteiger charge is -2.05. The van der Waals surface area contributed by atoms with Gasteiger partial charge in [-0.25, -0.2) is 9.97 Å². The molecule has 0 bridgehead atoms. The minimum atomic E-state index is 0.518. The first-order valence-corrected chi connectivity index (χ1v) is 6.29. The highest BCUT2D eigenvalue weighted by atomic mass is 16.3. The number of benzene rings is 1. The summed E-state index contributed by atoms with van der Waals surface area (Å²) in [5.74, 6) is 1.26. The van der Waals surface area contributed by atoms with Crippen molar-refractivity contribution in [2.45, 2.75) is 20.3 Å². The molecule has 96 valence electrons. The van der Waals surface area contributed by atoms with Gasteiger partial charge in [0.1, 0.15) is 23.4 Å². The highest BCUT2D eigenvalue weighted by molar-refractivity contribution is 5.83. The zero-order chi connectivity index (χ0) is 13.4. The monoisotopic (exact) mass is 253 g/mol. The molecule has 0 aliphatic rings. The average Bonchev–Trinajstić information content (AvgIpc) is 2.81. The molecule has 0 atom stereocenters. The van der Waals surface area contributed by atoms with Crippen LogP contribution in [0.3, 0.4) is 0 Å². The maximum atomic E-state index is 5.89. The van der Waals surface area contributed by atoms with Crippen molar-refractivity contribution in [1.82, 2.24) is 9.97 Å². The van der Waals surface area contributed by atoms with Gasteiger partial charge >= 0.3 is 0 Å². The van der Waals surface area contributed by atoms with Crippen molar-refractivity contribution < 1.29 is 4.42 Å². The topological polar surface area (TPSA) is 64.9 Å². The lowest BCUT2D eigenvalue weighted by molar-refractivity contribution is 0.627. The van der Waals surface area contributed by atoms with Crippen molar-refractivity contribution in [3.8, 4) is 11.5 Å². The minimum Gasteiger partial charge on any atom is -0.454 e. The van der Waals surface area contributed by atoms with Crippen LogP contribution < -0.4 is 5.73 Å². The van der Waals surface area contributed by atoms with Gasteiger partial charge in [0.15, 0.2) is 5.76 Å². The second kappa shape index (κ2) is 4.39. The van der Waals surface area contributed by atoms with Crippen LogP contribution >= 0.6 is 0 Å². The Labute approximate surface area is 111 Å².